The van der Waals surface area contributed by atoms with E-state index in [0.717, 1.165) is 0 Å². The van der Waals surface area contributed by atoms with Crippen LogP contribution < -0.4 is 14.8 Å². The third kappa shape index (κ3) is 4.30. The van der Waals surface area contributed by atoms with Gasteiger partial charge < -0.3 is 14.8 Å². The first-order chi connectivity index (χ1) is 11.1. The lowest BCUT2D eigenvalue weighted by Gasteiger charge is -2.19. The molecule has 1 N–H and O–H groups in total. The Labute approximate surface area is 145 Å². The largest absolute Gasteiger partial charge is 0.493 e. The molecule has 23 heavy (non-hydrogen) atoms. The van der Waals surface area contributed by atoms with Gasteiger partial charge in [-0.15, -0.1) is 0 Å². The van der Waals surface area contributed by atoms with Crippen LogP contribution in [0.4, 0.5) is 5.69 Å². The Morgan fingerprint density at radius 1 is 1.09 bits per heavy atom. The number of para-hydroxylation sites is 3. The van der Waals surface area contributed by atoms with Crippen LogP contribution >= 0.6 is 23.2 Å². The molecule has 0 bridgehead atoms. The molecule has 0 fully saturated rings. The second-order valence-electron chi connectivity index (χ2n) is 4.75. The fourth-order valence-electron chi connectivity index (χ4n) is 2.01. The number of carbonyl (C=O) groups is 1. The number of hydrogen-bond acceptors (Lipinski definition) is 3. The predicted octanol–water partition coefficient (Wildman–Crippen LogP) is 4.80. The second kappa shape index (κ2) is 8.09. The van der Waals surface area contributed by atoms with E-state index in [4.69, 9.17) is 32.7 Å². The van der Waals surface area contributed by atoms with Crippen molar-refractivity contribution in [1.29, 1.82) is 0 Å². The quantitative estimate of drug-likeness (QED) is 0.811. The molecular formula is C17H17Cl2NO3. The Balaban J connectivity index is 2.16. The van der Waals surface area contributed by atoms with Crippen LogP contribution in [0, 0.1) is 0 Å². The number of nitrogens with one attached hydrogen (secondary N) is 1. The zero-order valence-corrected chi connectivity index (χ0v) is 14.3. The van der Waals surface area contributed by atoms with Gasteiger partial charge in [0.25, 0.3) is 5.91 Å². The fourth-order valence-corrected chi connectivity index (χ4v) is 2.50. The van der Waals surface area contributed by atoms with Crippen molar-refractivity contribution in [3.05, 3.63) is 52.5 Å². The normalized spacial score (nSPS) is 11.7. The summed E-state index contributed by atoms with van der Waals surface area (Å²) in [7, 11) is 1.55. The molecule has 0 radical (unpaired) electrons. The Morgan fingerprint density at radius 3 is 2.26 bits per heavy atom. The number of ether oxygens (including phenoxy) is 2. The highest BCUT2D eigenvalue weighted by Gasteiger charge is 2.21. The van der Waals surface area contributed by atoms with Crippen LogP contribution in [0.15, 0.2) is 42.5 Å². The van der Waals surface area contributed by atoms with Crippen LogP contribution in [0.1, 0.15) is 13.3 Å². The number of halogens is 2. The SMILES string of the molecule is CC[C@H](Oc1ccccc1OC)C(=O)Nc1c(Cl)cccc1Cl. The summed E-state index contributed by atoms with van der Waals surface area (Å²) in [5, 5.41) is 3.46. The van der Waals surface area contributed by atoms with Crippen molar-refractivity contribution < 1.29 is 14.3 Å². The molecule has 0 aromatic heterocycles. The lowest BCUT2D eigenvalue weighted by Crippen LogP contribution is -2.32. The third-order valence-electron chi connectivity index (χ3n) is 3.21. The van der Waals surface area contributed by atoms with E-state index in [1.54, 1.807) is 37.4 Å². The lowest BCUT2D eigenvalue weighted by molar-refractivity contribution is -0.122. The minimum atomic E-state index is -0.696. The molecular weight excluding hydrogens is 337 g/mol. The van der Waals surface area contributed by atoms with Crippen molar-refractivity contribution in [1.82, 2.24) is 0 Å². The van der Waals surface area contributed by atoms with Crippen molar-refractivity contribution in [2.24, 2.45) is 0 Å². The van der Waals surface area contributed by atoms with Crippen LogP contribution in [-0.4, -0.2) is 19.1 Å². The molecule has 0 saturated carbocycles. The monoisotopic (exact) mass is 353 g/mol. The minimum absolute atomic E-state index is 0.326. The number of hydrogen-bond donors (Lipinski definition) is 1. The maximum absolute atomic E-state index is 12.5. The molecule has 0 unspecified atom stereocenters. The zero-order chi connectivity index (χ0) is 16.8. The van der Waals surface area contributed by atoms with Gasteiger partial charge in [-0.05, 0) is 30.7 Å². The first-order valence-corrected chi connectivity index (χ1v) is 7.87. The van der Waals surface area contributed by atoms with Crippen LogP contribution in [0.2, 0.25) is 10.0 Å². The van der Waals surface area contributed by atoms with E-state index in [-0.39, 0.29) is 5.91 Å². The highest BCUT2D eigenvalue weighted by molar-refractivity contribution is 6.39. The average molecular weight is 354 g/mol. The van der Waals surface area contributed by atoms with E-state index in [9.17, 15) is 4.79 Å². The van der Waals surface area contributed by atoms with E-state index in [1.807, 2.05) is 19.1 Å². The summed E-state index contributed by atoms with van der Waals surface area (Å²) >= 11 is 12.1. The van der Waals surface area contributed by atoms with Gasteiger partial charge in [0.2, 0.25) is 0 Å². The number of methoxy groups -OCH3 is 1. The van der Waals surface area contributed by atoms with E-state index in [1.165, 1.54) is 0 Å². The molecule has 2 rings (SSSR count). The van der Waals surface area contributed by atoms with Gasteiger partial charge in [0.05, 0.1) is 22.8 Å². The van der Waals surface area contributed by atoms with Crippen LogP contribution in [-0.2, 0) is 4.79 Å². The summed E-state index contributed by atoms with van der Waals surface area (Å²) < 4.78 is 11.0. The van der Waals surface area contributed by atoms with Crippen LogP contribution in [0.5, 0.6) is 11.5 Å². The van der Waals surface area contributed by atoms with Crippen molar-refractivity contribution in [2.45, 2.75) is 19.4 Å². The Kier molecular flexibility index (Phi) is 6.13. The summed E-state index contributed by atoms with van der Waals surface area (Å²) in [4.78, 5) is 12.5. The molecule has 0 aliphatic carbocycles. The Morgan fingerprint density at radius 2 is 1.70 bits per heavy atom. The summed E-state index contributed by atoms with van der Waals surface area (Å²) in [6.07, 6.45) is -0.218. The number of carbonyl (C=O) groups excluding carboxylic acids is 1. The predicted molar refractivity (Wildman–Crippen MR) is 92.8 cm³/mol. The van der Waals surface area contributed by atoms with Gasteiger partial charge in [-0.25, -0.2) is 0 Å². The highest BCUT2D eigenvalue weighted by Crippen LogP contribution is 2.31. The van der Waals surface area contributed by atoms with Gasteiger partial charge in [0.15, 0.2) is 17.6 Å². The number of amides is 1. The number of anilines is 1. The number of benzene rings is 2. The van der Waals surface area contributed by atoms with Crippen LogP contribution in [0.3, 0.4) is 0 Å². The van der Waals surface area contributed by atoms with Crippen molar-refractivity contribution in [2.75, 3.05) is 12.4 Å². The van der Waals surface area contributed by atoms with E-state index in [0.29, 0.717) is 33.7 Å². The summed E-state index contributed by atoms with van der Waals surface area (Å²) in [6, 6.07) is 12.2. The summed E-state index contributed by atoms with van der Waals surface area (Å²) in [6.45, 7) is 1.86. The topological polar surface area (TPSA) is 47.6 Å². The standard InChI is InChI=1S/C17H17Cl2NO3/c1-3-13(23-15-10-5-4-9-14(15)22-2)17(21)20-16-11(18)7-6-8-12(16)19/h4-10,13H,3H2,1-2H3,(H,20,21)/t13-/m0/s1. The van der Waals surface area contributed by atoms with E-state index < -0.39 is 6.10 Å². The van der Waals surface area contributed by atoms with Gasteiger partial charge >= 0.3 is 0 Å². The molecule has 0 heterocycles. The molecule has 0 aliphatic rings. The molecule has 0 aliphatic heterocycles. The van der Waals surface area contributed by atoms with E-state index >= 15 is 0 Å². The maximum atomic E-state index is 12.5. The number of rotatable bonds is 6. The van der Waals surface area contributed by atoms with E-state index in [2.05, 4.69) is 5.32 Å². The van der Waals surface area contributed by atoms with Gasteiger partial charge in [-0.1, -0.05) is 48.3 Å². The molecule has 6 heteroatoms. The third-order valence-corrected chi connectivity index (χ3v) is 3.84. The molecule has 2 aromatic carbocycles. The molecule has 2 aromatic rings. The molecule has 1 atom stereocenters. The van der Waals surface area contributed by atoms with Gasteiger partial charge in [0, 0.05) is 0 Å². The zero-order valence-electron chi connectivity index (χ0n) is 12.8. The van der Waals surface area contributed by atoms with Gasteiger partial charge in [-0.2, -0.15) is 0 Å². The Hall–Kier alpha value is -1.91. The molecule has 0 saturated heterocycles. The molecule has 0 spiro atoms. The summed E-state index contributed by atoms with van der Waals surface area (Å²) in [5.41, 5.74) is 0.378. The summed E-state index contributed by atoms with van der Waals surface area (Å²) in [5.74, 6) is 0.741. The Bertz CT molecular complexity index is 671. The second-order valence-corrected chi connectivity index (χ2v) is 5.57. The molecule has 4 nitrogen and oxygen atoms in total. The smallest absolute Gasteiger partial charge is 0.265 e. The van der Waals surface area contributed by atoms with Crippen molar-refractivity contribution in [3.63, 3.8) is 0 Å². The lowest BCUT2D eigenvalue weighted by atomic mass is 10.2. The van der Waals surface area contributed by atoms with Gasteiger partial charge in [-0.3, -0.25) is 4.79 Å². The minimum Gasteiger partial charge on any atom is -0.493 e. The first kappa shape index (κ1) is 17.4. The van der Waals surface area contributed by atoms with Crippen molar-refractivity contribution >= 4 is 34.8 Å². The van der Waals surface area contributed by atoms with Gasteiger partial charge in [0.1, 0.15) is 0 Å². The van der Waals surface area contributed by atoms with Crippen LogP contribution in [0.25, 0.3) is 0 Å². The molecule has 1 amide bonds. The maximum Gasteiger partial charge on any atom is 0.265 e. The fraction of sp³-hybridized carbons (Fsp3) is 0.235. The van der Waals surface area contributed by atoms with Crippen molar-refractivity contribution in [3.8, 4) is 11.5 Å². The highest BCUT2D eigenvalue weighted by atomic mass is 35.5. The first-order valence-electron chi connectivity index (χ1n) is 7.11. The average Bonchev–Trinajstić information content (AvgIpc) is 2.56. The molecule has 122 valence electrons.